The number of rotatable bonds is 2. The summed E-state index contributed by atoms with van der Waals surface area (Å²) in [5, 5.41) is 1.18. The van der Waals surface area contributed by atoms with Gasteiger partial charge in [-0.15, -0.1) is 11.3 Å². The van der Waals surface area contributed by atoms with Crippen LogP contribution in [0.2, 0.25) is 0 Å². The first-order chi connectivity index (χ1) is 11.0. The zero-order chi connectivity index (χ0) is 16.1. The molecule has 23 heavy (non-hydrogen) atoms. The van der Waals surface area contributed by atoms with Gasteiger partial charge in [0.15, 0.2) is 0 Å². The van der Waals surface area contributed by atoms with Gasteiger partial charge in [-0.05, 0) is 50.5 Å². The number of carbonyl (C=O) groups excluding carboxylic acids is 1. The molecule has 2 atom stereocenters. The zero-order valence-electron chi connectivity index (χ0n) is 13.6. The van der Waals surface area contributed by atoms with Crippen molar-refractivity contribution in [2.45, 2.75) is 52.0 Å². The molecule has 4 rings (SSSR count). The number of anilines is 1. The highest BCUT2D eigenvalue weighted by Crippen LogP contribution is 2.42. The number of primary amides is 1. The zero-order valence-corrected chi connectivity index (χ0v) is 14.4. The van der Waals surface area contributed by atoms with Gasteiger partial charge in [-0.2, -0.15) is 0 Å². The molecule has 1 aliphatic heterocycles. The van der Waals surface area contributed by atoms with E-state index in [1.54, 1.807) is 11.3 Å². The highest BCUT2D eigenvalue weighted by molar-refractivity contribution is 7.19. The van der Waals surface area contributed by atoms with Crippen LogP contribution >= 0.6 is 11.3 Å². The molecule has 1 saturated heterocycles. The van der Waals surface area contributed by atoms with Gasteiger partial charge in [0, 0.05) is 11.4 Å². The number of nitrogens with two attached hydrogens (primary N) is 1. The van der Waals surface area contributed by atoms with Crippen LogP contribution in [-0.2, 0) is 17.6 Å². The van der Waals surface area contributed by atoms with E-state index in [1.807, 2.05) is 6.92 Å². The van der Waals surface area contributed by atoms with Crippen molar-refractivity contribution in [2.75, 3.05) is 11.4 Å². The van der Waals surface area contributed by atoms with E-state index in [-0.39, 0.29) is 11.9 Å². The molecule has 6 heteroatoms. The first-order valence-electron chi connectivity index (χ1n) is 8.39. The van der Waals surface area contributed by atoms with Crippen LogP contribution in [0, 0.1) is 12.8 Å². The van der Waals surface area contributed by atoms with Crippen LogP contribution in [0.5, 0.6) is 0 Å². The quantitative estimate of drug-likeness (QED) is 0.918. The molecule has 3 heterocycles. The van der Waals surface area contributed by atoms with E-state index in [4.69, 9.17) is 10.7 Å². The fourth-order valence-corrected chi connectivity index (χ4v) is 5.37. The molecule has 2 N–H and O–H groups in total. The Morgan fingerprint density at radius 2 is 2.17 bits per heavy atom. The highest BCUT2D eigenvalue weighted by atomic mass is 32.1. The molecule has 1 amide bonds. The van der Waals surface area contributed by atoms with E-state index in [1.165, 1.54) is 22.2 Å². The maximum atomic E-state index is 11.8. The Morgan fingerprint density at radius 3 is 2.96 bits per heavy atom. The summed E-state index contributed by atoms with van der Waals surface area (Å²) in [7, 11) is 0. The van der Waals surface area contributed by atoms with Gasteiger partial charge < -0.3 is 10.6 Å². The summed E-state index contributed by atoms with van der Waals surface area (Å²) < 4.78 is 0. The number of hydrogen-bond donors (Lipinski definition) is 1. The van der Waals surface area contributed by atoms with Crippen LogP contribution < -0.4 is 10.6 Å². The van der Waals surface area contributed by atoms with E-state index < -0.39 is 0 Å². The van der Waals surface area contributed by atoms with Crippen molar-refractivity contribution in [3.05, 3.63) is 16.3 Å². The minimum atomic E-state index is -0.246. The second-order valence-corrected chi connectivity index (χ2v) is 7.96. The van der Waals surface area contributed by atoms with Crippen LogP contribution in [0.4, 0.5) is 5.82 Å². The molecule has 0 unspecified atom stereocenters. The Kier molecular flexibility index (Phi) is 3.52. The molecule has 0 saturated carbocycles. The fourth-order valence-electron chi connectivity index (χ4n) is 3.95. The fraction of sp³-hybridized carbons (Fsp3) is 0.588. The monoisotopic (exact) mass is 330 g/mol. The molecule has 5 nitrogen and oxygen atoms in total. The lowest BCUT2D eigenvalue weighted by molar-refractivity contribution is -0.119. The Balaban J connectivity index is 1.90. The van der Waals surface area contributed by atoms with Crippen LogP contribution in [0.15, 0.2) is 0 Å². The van der Waals surface area contributed by atoms with Crippen molar-refractivity contribution >= 4 is 33.3 Å². The predicted octanol–water partition coefficient (Wildman–Crippen LogP) is 2.58. The smallest absolute Gasteiger partial charge is 0.240 e. The number of aryl methyl sites for hydroxylation is 2. The Labute approximate surface area is 139 Å². The number of nitrogens with zero attached hydrogens (tertiary/aromatic N) is 3. The van der Waals surface area contributed by atoms with Crippen molar-refractivity contribution in [3.63, 3.8) is 0 Å². The van der Waals surface area contributed by atoms with Crippen molar-refractivity contribution in [1.82, 2.24) is 9.97 Å². The van der Waals surface area contributed by atoms with Crippen molar-refractivity contribution < 1.29 is 4.79 Å². The summed E-state index contributed by atoms with van der Waals surface area (Å²) in [6, 6.07) is -0.231. The molecule has 2 aromatic rings. The molecule has 1 aliphatic carbocycles. The van der Waals surface area contributed by atoms with Crippen molar-refractivity contribution in [3.8, 4) is 0 Å². The number of thiophene rings is 1. The number of hydrogen-bond acceptors (Lipinski definition) is 5. The predicted molar refractivity (Wildman–Crippen MR) is 92.9 cm³/mol. The molecule has 0 bridgehead atoms. The maximum absolute atomic E-state index is 11.8. The van der Waals surface area contributed by atoms with Crippen molar-refractivity contribution in [1.29, 1.82) is 0 Å². The second-order valence-electron chi connectivity index (χ2n) is 6.88. The largest absolute Gasteiger partial charge is 0.368 e. The first kappa shape index (κ1) is 14.9. The minimum Gasteiger partial charge on any atom is -0.368 e. The van der Waals surface area contributed by atoms with Gasteiger partial charge in [0.2, 0.25) is 5.91 Å². The third kappa shape index (κ3) is 2.40. The van der Waals surface area contributed by atoms with E-state index >= 15 is 0 Å². The number of fused-ring (bicyclic) bond motifs is 3. The molecule has 2 aliphatic rings. The number of carbonyl (C=O) groups is 1. The minimum absolute atomic E-state index is 0.231. The second kappa shape index (κ2) is 5.44. The van der Waals surface area contributed by atoms with E-state index in [2.05, 4.69) is 16.8 Å². The molecule has 122 valence electrons. The third-order valence-electron chi connectivity index (χ3n) is 5.10. The first-order valence-corrected chi connectivity index (χ1v) is 9.21. The Morgan fingerprint density at radius 1 is 1.35 bits per heavy atom. The van der Waals surface area contributed by atoms with Gasteiger partial charge >= 0.3 is 0 Å². The summed E-state index contributed by atoms with van der Waals surface area (Å²) >= 11 is 1.81. The molecule has 0 radical (unpaired) electrons. The SMILES string of the molecule is Cc1nc(N2CCC[C@@H]2C(N)=O)c2c3c(sc2n1)C[C@H](C)CC3. The topological polar surface area (TPSA) is 72.1 Å². The van der Waals surface area contributed by atoms with Gasteiger partial charge in [0.25, 0.3) is 0 Å². The average molecular weight is 330 g/mol. The van der Waals surface area contributed by atoms with Gasteiger partial charge in [-0.1, -0.05) is 6.92 Å². The van der Waals surface area contributed by atoms with Crippen LogP contribution in [0.25, 0.3) is 10.2 Å². The molecule has 2 aromatic heterocycles. The maximum Gasteiger partial charge on any atom is 0.240 e. The number of aromatic nitrogens is 2. The Hall–Kier alpha value is -1.69. The van der Waals surface area contributed by atoms with Gasteiger partial charge in [0.05, 0.1) is 5.39 Å². The summed E-state index contributed by atoms with van der Waals surface area (Å²) in [6.07, 6.45) is 5.25. The normalized spacial score (nSPS) is 24.2. The summed E-state index contributed by atoms with van der Waals surface area (Å²) in [6.45, 7) is 5.09. The lowest BCUT2D eigenvalue weighted by Crippen LogP contribution is -2.41. The number of amides is 1. The summed E-state index contributed by atoms with van der Waals surface area (Å²) in [4.78, 5) is 25.9. The Bertz CT molecular complexity index is 784. The van der Waals surface area contributed by atoms with Gasteiger partial charge in [-0.25, -0.2) is 9.97 Å². The highest BCUT2D eigenvalue weighted by Gasteiger charge is 2.33. The lowest BCUT2D eigenvalue weighted by atomic mass is 9.89. The molecular formula is C17H22N4OS. The van der Waals surface area contributed by atoms with Crippen LogP contribution in [0.1, 0.15) is 42.5 Å². The van der Waals surface area contributed by atoms with Gasteiger partial charge in [-0.3, -0.25) is 4.79 Å². The van der Waals surface area contributed by atoms with Crippen molar-refractivity contribution in [2.24, 2.45) is 11.7 Å². The van der Waals surface area contributed by atoms with E-state index in [0.29, 0.717) is 0 Å². The average Bonchev–Trinajstić information content (AvgIpc) is 3.09. The van der Waals surface area contributed by atoms with Crippen LogP contribution in [0.3, 0.4) is 0 Å². The molecular weight excluding hydrogens is 308 g/mol. The van der Waals surface area contributed by atoms with E-state index in [0.717, 1.165) is 54.6 Å². The third-order valence-corrected chi connectivity index (χ3v) is 6.25. The van der Waals surface area contributed by atoms with E-state index in [9.17, 15) is 4.79 Å². The van der Waals surface area contributed by atoms with Gasteiger partial charge in [0.1, 0.15) is 22.5 Å². The summed E-state index contributed by atoms with van der Waals surface area (Å²) in [5.74, 6) is 2.19. The summed E-state index contributed by atoms with van der Waals surface area (Å²) in [5.41, 5.74) is 7.03. The standard InChI is InChI=1S/C17H22N4OS/c1-9-5-6-11-13(8-9)23-17-14(11)16(19-10(2)20-17)21-7-3-4-12(21)15(18)22/h9,12H,3-8H2,1-2H3,(H2,18,22)/t9-,12-/m1/s1. The molecule has 0 spiro atoms. The molecule has 0 aromatic carbocycles. The van der Waals surface area contributed by atoms with Crippen LogP contribution in [-0.4, -0.2) is 28.5 Å². The lowest BCUT2D eigenvalue weighted by Gasteiger charge is -2.25. The molecule has 1 fully saturated rings.